The van der Waals surface area contributed by atoms with E-state index in [1.165, 1.54) is 83.5 Å². The van der Waals surface area contributed by atoms with Gasteiger partial charge >= 0.3 is 16.4 Å². The largest absolute Gasteiger partial charge is 0.447 e. The number of aliphatic hydroxyl groups excluding tert-OH is 1. The van der Waals surface area contributed by atoms with Gasteiger partial charge in [0.05, 0.1) is 6.61 Å². The summed E-state index contributed by atoms with van der Waals surface area (Å²) in [5.41, 5.74) is 0. The molecule has 0 aromatic carbocycles. The highest BCUT2D eigenvalue weighted by Crippen LogP contribution is 2.14. The molecule has 0 aliphatic heterocycles. The number of likely N-dealkylation sites (N-methyl/N-ethyl adjacent to an activating group) is 1. The molecule has 0 saturated carbocycles. The molecule has 0 bridgehead atoms. The minimum atomic E-state index is -4.67. The van der Waals surface area contributed by atoms with E-state index < -0.39 is 10.4 Å². The van der Waals surface area contributed by atoms with Crippen molar-refractivity contribution in [3.63, 3.8) is 0 Å². The quantitative estimate of drug-likeness (QED) is 0.0908. The molecule has 1 atom stereocenters. The Morgan fingerprint density at radius 1 is 0.812 bits per heavy atom. The number of carbonyl (C=O) groups is 1. The van der Waals surface area contributed by atoms with Crippen molar-refractivity contribution in [3.8, 4) is 0 Å². The molecule has 0 heterocycles. The molecule has 0 spiro atoms. The summed E-state index contributed by atoms with van der Waals surface area (Å²) in [6.07, 6.45) is 20.2. The predicted molar refractivity (Wildman–Crippen MR) is 129 cm³/mol. The minimum Gasteiger partial charge on any atom is -0.447 e. The molecule has 0 aromatic rings. The van der Waals surface area contributed by atoms with Crippen molar-refractivity contribution in [2.45, 2.75) is 123 Å². The number of aliphatic hydroxyl groups is 1. The van der Waals surface area contributed by atoms with E-state index in [1.54, 1.807) is 0 Å². The standard InChI is InChI=1S/C23H47NO3.H2O4S/c1-4-5-6-7-8-9-10-11-12-13-14-15-16-17-18-19-23(26)27-22(2)24(3)20-21-25;1-5(2,3)4/h22,25H,4-21H2,1-3H3;(H2,1,2,3,4). The van der Waals surface area contributed by atoms with Gasteiger partial charge in [-0.25, -0.2) is 0 Å². The highest BCUT2D eigenvalue weighted by Gasteiger charge is 2.13. The molecule has 0 aromatic heterocycles. The molecule has 0 saturated heterocycles. The molecule has 32 heavy (non-hydrogen) atoms. The van der Waals surface area contributed by atoms with E-state index >= 15 is 0 Å². The van der Waals surface area contributed by atoms with E-state index in [9.17, 15) is 4.79 Å². The second kappa shape index (κ2) is 23.4. The van der Waals surface area contributed by atoms with Crippen molar-refractivity contribution in [2.24, 2.45) is 0 Å². The Balaban J connectivity index is 0. The molecule has 0 fully saturated rings. The summed E-state index contributed by atoms with van der Waals surface area (Å²) in [6, 6.07) is 0. The fourth-order valence-corrected chi connectivity index (χ4v) is 3.32. The van der Waals surface area contributed by atoms with Crippen LogP contribution in [-0.4, -0.2) is 59.9 Å². The van der Waals surface area contributed by atoms with Crippen molar-refractivity contribution in [2.75, 3.05) is 20.2 Å². The molecule has 8 nitrogen and oxygen atoms in total. The number of hydrogen-bond acceptors (Lipinski definition) is 6. The van der Waals surface area contributed by atoms with Crippen LogP contribution in [0, 0.1) is 0 Å². The maximum absolute atomic E-state index is 11.8. The maximum Gasteiger partial charge on any atom is 0.394 e. The van der Waals surface area contributed by atoms with Gasteiger partial charge in [0.15, 0.2) is 6.23 Å². The zero-order valence-electron chi connectivity index (χ0n) is 20.6. The smallest absolute Gasteiger partial charge is 0.394 e. The van der Waals surface area contributed by atoms with Crippen LogP contribution in [0.5, 0.6) is 0 Å². The van der Waals surface area contributed by atoms with E-state index in [0.717, 1.165) is 12.8 Å². The molecule has 0 radical (unpaired) electrons. The highest BCUT2D eigenvalue weighted by molar-refractivity contribution is 7.79. The number of ether oxygens (including phenoxy) is 1. The molecular formula is C23H49NO7S. The van der Waals surface area contributed by atoms with Crippen LogP contribution in [0.3, 0.4) is 0 Å². The number of carbonyl (C=O) groups excluding carboxylic acids is 1. The summed E-state index contributed by atoms with van der Waals surface area (Å²) in [4.78, 5) is 13.6. The average Bonchev–Trinajstić information content (AvgIpc) is 2.69. The summed E-state index contributed by atoms with van der Waals surface area (Å²) in [6.45, 7) is 4.72. The number of rotatable bonds is 20. The van der Waals surface area contributed by atoms with E-state index in [2.05, 4.69) is 6.92 Å². The van der Waals surface area contributed by atoms with Gasteiger partial charge < -0.3 is 9.84 Å². The van der Waals surface area contributed by atoms with Gasteiger partial charge in [0.25, 0.3) is 0 Å². The third-order valence-corrected chi connectivity index (χ3v) is 5.36. The lowest BCUT2D eigenvalue weighted by atomic mass is 10.0. The van der Waals surface area contributed by atoms with Crippen LogP contribution < -0.4 is 0 Å². The van der Waals surface area contributed by atoms with E-state index in [1.807, 2.05) is 18.9 Å². The van der Waals surface area contributed by atoms with Crippen molar-refractivity contribution >= 4 is 16.4 Å². The van der Waals surface area contributed by atoms with Crippen LogP contribution in [0.4, 0.5) is 0 Å². The van der Waals surface area contributed by atoms with E-state index in [-0.39, 0.29) is 18.8 Å². The Morgan fingerprint density at radius 2 is 1.16 bits per heavy atom. The lowest BCUT2D eigenvalue weighted by Gasteiger charge is -2.23. The van der Waals surface area contributed by atoms with Crippen LogP contribution in [0.25, 0.3) is 0 Å². The molecule has 0 aliphatic rings. The fourth-order valence-electron chi connectivity index (χ4n) is 3.32. The first-order valence-corrected chi connectivity index (χ1v) is 13.7. The molecule has 1 unspecified atom stereocenters. The predicted octanol–water partition coefficient (Wildman–Crippen LogP) is 5.41. The lowest BCUT2D eigenvalue weighted by molar-refractivity contribution is -0.156. The van der Waals surface area contributed by atoms with Gasteiger partial charge in [0, 0.05) is 13.0 Å². The van der Waals surface area contributed by atoms with Gasteiger partial charge in [0.1, 0.15) is 0 Å². The van der Waals surface area contributed by atoms with Crippen molar-refractivity contribution < 1.29 is 32.2 Å². The van der Waals surface area contributed by atoms with Gasteiger partial charge in [-0.3, -0.25) is 18.8 Å². The first-order chi connectivity index (χ1) is 15.1. The number of hydrogen-bond donors (Lipinski definition) is 3. The lowest BCUT2D eigenvalue weighted by Crippen LogP contribution is -2.35. The fraction of sp³-hybridized carbons (Fsp3) is 0.957. The Hall–Kier alpha value is -0.740. The van der Waals surface area contributed by atoms with E-state index in [4.69, 9.17) is 27.4 Å². The minimum absolute atomic E-state index is 0.0808. The van der Waals surface area contributed by atoms with Gasteiger partial charge in [-0.2, -0.15) is 8.42 Å². The third kappa shape index (κ3) is 31.4. The second-order valence-corrected chi connectivity index (χ2v) is 9.34. The topological polar surface area (TPSA) is 124 Å². The maximum atomic E-state index is 11.8. The summed E-state index contributed by atoms with van der Waals surface area (Å²) >= 11 is 0. The molecule has 0 aliphatic carbocycles. The summed E-state index contributed by atoms with van der Waals surface area (Å²) < 4.78 is 36.9. The van der Waals surface area contributed by atoms with Gasteiger partial charge in [-0.05, 0) is 20.4 Å². The van der Waals surface area contributed by atoms with Crippen LogP contribution in [0.2, 0.25) is 0 Å². The molecule has 3 N–H and O–H groups in total. The van der Waals surface area contributed by atoms with Crippen LogP contribution >= 0.6 is 0 Å². The summed E-state index contributed by atoms with van der Waals surface area (Å²) in [5.74, 6) is -0.123. The normalized spacial score (nSPS) is 12.3. The Bertz CT molecular complexity index is 506. The van der Waals surface area contributed by atoms with Gasteiger partial charge in [-0.15, -0.1) is 0 Å². The van der Waals surface area contributed by atoms with Crippen LogP contribution in [0.15, 0.2) is 0 Å². The summed E-state index contributed by atoms with van der Waals surface area (Å²) in [7, 11) is -2.82. The highest BCUT2D eigenvalue weighted by atomic mass is 32.3. The van der Waals surface area contributed by atoms with Gasteiger partial charge in [0.2, 0.25) is 0 Å². The molecule has 194 valence electrons. The summed E-state index contributed by atoms with van der Waals surface area (Å²) in [5, 5.41) is 8.89. The molecular weight excluding hydrogens is 434 g/mol. The Labute approximate surface area is 196 Å². The zero-order valence-corrected chi connectivity index (χ0v) is 21.5. The van der Waals surface area contributed by atoms with Crippen molar-refractivity contribution in [1.29, 1.82) is 0 Å². The van der Waals surface area contributed by atoms with E-state index in [0.29, 0.717) is 13.0 Å². The molecule has 0 rings (SSSR count). The number of nitrogens with zero attached hydrogens (tertiary/aromatic N) is 1. The zero-order chi connectivity index (χ0) is 24.7. The van der Waals surface area contributed by atoms with Crippen molar-refractivity contribution in [3.05, 3.63) is 0 Å². The second-order valence-electron chi connectivity index (χ2n) is 8.44. The first kappa shape index (κ1) is 33.4. The Kier molecular flexibility index (Phi) is 24.5. The monoisotopic (exact) mass is 483 g/mol. The molecule has 9 heteroatoms. The number of unbranched alkanes of at least 4 members (excludes halogenated alkanes) is 14. The molecule has 0 amide bonds. The SMILES string of the molecule is CCCCCCCCCCCCCCCCCC(=O)OC(C)N(C)CCO.O=S(=O)(O)O. The van der Waals surface area contributed by atoms with Crippen molar-refractivity contribution in [1.82, 2.24) is 4.90 Å². The van der Waals surface area contributed by atoms with Gasteiger partial charge in [-0.1, -0.05) is 96.8 Å². The third-order valence-electron chi connectivity index (χ3n) is 5.36. The average molecular weight is 484 g/mol. The van der Waals surface area contributed by atoms with Crippen LogP contribution in [-0.2, 0) is 19.9 Å². The van der Waals surface area contributed by atoms with Crippen LogP contribution in [0.1, 0.15) is 117 Å². The number of esters is 1. The Morgan fingerprint density at radius 3 is 1.50 bits per heavy atom. The first-order valence-electron chi connectivity index (χ1n) is 12.3.